The van der Waals surface area contributed by atoms with Gasteiger partial charge in [-0.2, -0.15) is 0 Å². The molecule has 1 aromatic rings. The molecule has 0 amide bonds. The Morgan fingerprint density at radius 1 is 1.46 bits per heavy atom. The van der Waals surface area contributed by atoms with Crippen LogP contribution < -0.4 is 0 Å². The smallest absolute Gasteiger partial charge is 0.120 e. The monoisotopic (exact) mass is 184 g/mol. The van der Waals surface area contributed by atoms with Crippen LogP contribution in [0.25, 0.3) is 0 Å². The maximum absolute atomic E-state index is 9.20. The van der Waals surface area contributed by atoms with Gasteiger partial charge in [-0.1, -0.05) is 0 Å². The van der Waals surface area contributed by atoms with Crippen molar-refractivity contribution in [3.8, 4) is 0 Å². The molecule has 72 valence electrons. The van der Waals surface area contributed by atoms with Crippen molar-refractivity contribution >= 4 is 0 Å². The minimum absolute atomic E-state index is 0.172. The van der Waals surface area contributed by atoms with Crippen LogP contribution in [0.3, 0.4) is 0 Å². The van der Waals surface area contributed by atoms with Crippen molar-refractivity contribution in [2.75, 3.05) is 6.61 Å². The second-order valence-electron chi connectivity index (χ2n) is 2.68. The summed E-state index contributed by atoms with van der Waals surface area (Å²) in [6.45, 7) is 1.13. The number of aliphatic hydroxyl groups is 3. The first kappa shape index (κ1) is 10.0. The van der Waals surface area contributed by atoms with E-state index in [1.165, 1.54) is 6.20 Å². The zero-order chi connectivity index (χ0) is 9.84. The summed E-state index contributed by atoms with van der Waals surface area (Å²) in [5.41, 5.74) is 1.36. The molecular weight excluding hydrogens is 172 g/mol. The highest BCUT2D eigenvalue weighted by Crippen LogP contribution is 2.10. The molecule has 1 aromatic heterocycles. The molecule has 0 fully saturated rings. The molecule has 0 bridgehead atoms. The van der Waals surface area contributed by atoms with Gasteiger partial charge in [0.05, 0.1) is 36.5 Å². The summed E-state index contributed by atoms with van der Waals surface area (Å²) >= 11 is 0. The van der Waals surface area contributed by atoms with Crippen LogP contribution in [-0.2, 0) is 6.61 Å². The van der Waals surface area contributed by atoms with Crippen molar-refractivity contribution in [2.24, 2.45) is 0 Å². The molecule has 1 atom stereocenters. The van der Waals surface area contributed by atoms with Gasteiger partial charge in [0, 0.05) is 0 Å². The molecule has 0 saturated heterocycles. The van der Waals surface area contributed by atoms with Crippen molar-refractivity contribution in [3.63, 3.8) is 0 Å². The van der Waals surface area contributed by atoms with Crippen LogP contribution in [0.15, 0.2) is 6.20 Å². The fourth-order valence-corrected chi connectivity index (χ4v) is 0.934. The summed E-state index contributed by atoms with van der Waals surface area (Å²) in [6, 6.07) is 0. The van der Waals surface area contributed by atoms with Crippen LogP contribution >= 0.6 is 0 Å². The summed E-state index contributed by atoms with van der Waals surface area (Å²) in [7, 11) is 0. The van der Waals surface area contributed by atoms with Crippen molar-refractivity contribution in [3.05, 3.63) is 23.3 Å². The number of nitrogens with zero attached hydrogens (tertiary/aromatic N) is 2. The highest BCUT2D eigenvalue weighted by atomic mass is 16.3. The van der Waals surface area contributed by atoms with Crippen molar-refractivity contribution in [2.45, 2.75) is 19.6 Å². The molecule has 0 saturated carbocycles. The molecule has 1 rings (SSSR count). The summed E-state index contributed by atoms with van der Waals surface area (Å²) in [4.78, 5) is 7.86. The molecule has 0 aliphatic heterocycles. The maximum Gasteiger partial charge on any atom is 0.120 e. The fourth-order valence-electron chi connectivity index (χ4n) is 0.934. The number of aliphatic hydroxyl groups excluding tert-OH is 3. The van der Waals surface area contributed by atoms with Gasteiger partial charge >= 0.3 is 0 Å². The summed E-state index contributed by atoms with van der Waals surface area (Å²) in [5.74, 6) is 0. The molecule has 3 N–H and O–H groups in total. The second-order valence-corrected chi connectivity index (χ2v) is 2.68. The van der Waals surface area contributed by atoms with E-state index < -0.39 is 6.10 Å². The number of rotatable bonds is 3. The Kier molecular flexibility index (Phi) is 3.30. The van der Waals surface area contributed by atoms with E-state index >= 15 is 0 Å². The average Bonchev–Trinajstić information content (AvgIpc) is 2.16. The Bertz CT molecular complexity index is 291. The molecule has 0 aromatic carbocycles. The van der Waals surface area contributed by atoms with Crippen LogP contribution in [0.4, 0.5) is 0 Å². The van der Waals surface area contributed by atoms with Gasteiger partial charge in [-0.15, -0.1) is 0 Å². The van der Waals surface area contributed by atoms with Crippen molar-refractivity contribution in [1.82, 2.24) is 9.97 Å². The first-order valence-electron chi connectivity index (χ1n) is 3.91. The molecule has 5 heteroatoms. The number of aromatic nitrogens is 2. The van der Waals surface area contributed by atoms with E-state index in [2.05, 4.69) is 9.97 Å². The molecule has 5 nitrogen and oxygen atoms in total. The standard InChI is InChI=1S/C8H12N2O3/c1-5-7(3-11)9-2-6(10-5)8(13)4-12/h2,8,11-13H,3-4H2,1H3. The summed E-state index contributed by atoms with van der Waals surface area (Å²) in [5, 5.41) is 26.6. The Labute approximate surface area is 75.7 Å². The lowest BCUT2D eigenvalue weighted by atomic mass is 10.2. The van der Waals surface area contributed by atoms with Crippen LogP contribution in [0, 0.1) is 6.92 Å². The maximum atomic E-state index is 9.20. The van der Waals surface area contributed by atoms with Crippen LogP contribution in [0.2, 0.25) is 0 Å². The van der Waals surface area contributed by atoms with Gasteiger partial charge in [0.15, 0.2) is 0 Å². The molecular formula is C8H12N2O3. The van der Waals surface area contributed by atoms with Crippen LogP contribution in [0.1, 0.15) is 23.2 Å². The zero-order valence-corrected chi connectivity index (χ0v) is 7.30. The normalized spacial score (nSPS) is 12.9. The van der Waals surface area contributed by atoms with E-state index in [-0.39, 0.29) is 13.2 Å². The van der Waals surface area contributed by atoms with E-state index in [0.717, 1.165) is 0 Å². The number of hydrogen-bond donors (Lipinski definition) is 3. The topological polar surface area (TPSA) is 86.5 Å². The SMILES string of the molecule is Cc1nc(C(O)CO)cnc1CO. The van der Waals surface area contributed by atoms with Crippen molar-refractivity contribution in [1.29, 1.82) is 0 Å². The third-order valence-electron chi connectivity index (χ3n) is 1.73. The Morgan fingerprint density at radius 3 is 2.62 bits per heavy atom. The van der Waals surface area contributed by atoms with Gasteiger partial charge in [0.2, 0.25) is 0 Å². The Hall–Kier alpha value is -1.04. The molecule has 0 radical (unpaired) electrons. The Balaban J connectivity index is 2.95. The molecule has 1 heterocycles. The third kappa shape index (κ3) is 2.21. The zero-order valence-electron chi connectivity index (χ0n) is 7.30. The quantitative estimate of drug-likeness (QED) is 0.578. The minimum Gasteiger partial charge on any atom is -0.393 e. The molecule has 1 unspecified atom stereocenters. The predicted octanol–water partition coefficient (Wildman–Crippen LogP) is -0.697. The Morgan fingerprint density at radius 2 is 2.15 bits per heavy atom. The number of aryl methyl sites for hydroxylation is 1. The lowest BCUT2D eigenvalue weighted by Gasteiger charge is -2.08. The first-order chi connectivity index (χ1) is 6.19. The van der Waals surface area contributed by atoms with Crippen LogP contribution in [0.5, 0.6) is 0 Å². The molecule has 0 spiro atoms. The van der Waals surface area contributed by atoms with E-state index in [1.807, 2.05) is 0 Å². The van der Waals surface area contributed by atoms with Gasteiger partial charge in [-0.25, -0.2) is 0 Å². The molecule has 13 heavy (non-hydrogen) atoms. The van der Waals surface area contributed by atoms with Crippen molar-refractivity contribution < 1.29 is 15.3 Å². The third-order valence-corrected chi connectivity index (χ3v) is 1.73. The van der Waals surface area contributed by atoms with Gasteiger partial charge in [-0.3, -0.25) is 9.97 Å². The highest BCUT2D eigenvalue weighted by Gasteiger charge is 2.09. The van der Waals surface area contributed by atoms with E-state index in [0.29, 0.717) is 17.1 Å². The average molecular weight is 184 g/mol. The van der Waals surface area contributed by atoms with Gasteiger partial charge in [-0.05, 0) is 6.92 Å². The van der Waals surface area contributed by atoms with E-state index in [1.54, 1.807) is 6.92 Å². The predicted molar refractivity (Wildman–Crippen MR) is 44.7 cm³/mol. The number of hydrogen-bond acceptors (Lipinski definition) is 5. The summed E-state index contributed by atoms with van der Waals surface area (Å²) in [6.07, 6.45) is 0.346. The highest BCUT2D eigenvalue weighted by molar-refractivity contribution is 5.13. The first-order valence-corrected chi connectivity index (χ1v) is 3.91. The lowest BCUT2D eigenvalue weighted by molar-refractivity contribution is 0.0917. The second kappa shape index (κ2) is 4.27. The lowest BCUT2D eigenvalue weighted by Crippen LogP contribution is -2.08. The van der Waals surface area contributed by atoms with Gasteiger partial charge < -0.3 is 15.3 Å². The fraction of sp³-hybridized carbons (Fsp3) is 0.500. The van der Waals surface area contributed by atoms with Gasteiger partial charge in [0.1, 0.15) is 6.10 Å². The largest absolute Gasteiger partial charge is 0.393 e. The minimum atomic E-state index is -1.00. The summed E-state index contributed by atoms with van der Waals surface area (Å²) < 4.78 is 0. The van der Waals surface area contributed by atoms with Crippen LogP contribution in [-0.4, -0.2) is 31.9 Å². The van der Waals surface area contributed by atoms with E-state index in [4.69, 9.17) is 10.2 Å². The van der Waals surface area contributed by atoms with Gasteiger partial charge in [0.25, 0.3) is 0 Å². The molecule has 0 aliphatic carbocycles. The van der Waals surface area contributed by atoms with E-state index in [9.17, 15) is 5.11 Å². The molecule has 0 aliphatic rings.